The van der Waals surface area contributed by atoms with E-state index in [1.807, 2.05) is 12.1 Å². The van der Waals surface area contributed by atoms with Crippen molar-refractivity contribution in [1.82, 2.24) is 0 Å². The minimum absolute atomic E-state index is 0.323. The van der Waals surface area contributed by atoms with Gasteiger partial charge in [-0.3, -0.25) is 4.79 Å². The van der Waals surface area contributed by atoms with E-state index in [4.69, 9.17) is 22.1 Å². The fourth-order valence-electron chi connectivity index (χ4n) is 4.04. The molecule has 0 aromatic heterocycles. The molecule has 1 aliphatic rings. The molecule has 2 aromatic rings. The smallest absolute Gasteiger partial charge is 0.338 e. The van der Waals surface area contributed by atoms with Gasteiger partial charge in [-0.15, -0.1) is 0 Å². The second-order valence-corrected chi connectivity index (χ2v) is 8.09. The number of hydrogen-bond acceptors (Lipinski definition) is 4. The quantitative estimate of drug-likeness (QED) is 0.618. The third-order valence-corrected chi connectivity index (χ3v) is 5.84. The zero-order valence-electron chi connectivity index (χ0n) is 17.4. The lowest BCUT2D eigenvalue weighted by atomic mass is 9.90. The van der Waals surface area contributed by atoms with Gasteiger partial charge < -0.3 is 15.4 Å². The van der Waals surface area contributed by atoms with Crippen molar-refractivity contribution in [2.75, 3.05) is 24.6 Å². The van der Waals surface area contributed by atoms with Gasteiger partial charge in [-0.2, -0.15) is 0 Å². The highest BCUT2D eigenvalue weighted by atomic mass is 35.5. The molecule has 5 nitrogen and oxygen atoms in total. The Morgan fingerprint density at radius 2 is 1.80 bits per heavy atom. The Kier molecular flexibility index (Phi) is 7.75. The Balaban J connectivity index is 1.76. The summed E-state index contributed by atoms with van der Waals surface area (Å²) in [6.45, 7) is 4.18. The van der Waals surface area contributed by atoms with Gasteiger partial charge >= 0.3 is 5.97 Å². The van der Waals surface area contributed by atoms with Crippen LogP contribution in [0.1, 0.15) is 60.0 Å². The fraction of sp³-hybridized carbons (Fsp3) is 0.417. The van der Waals surface area contributed by atoms with Gasteiger partial charge in [0.25, 0.3) is 0 Å². The maximum Gasteiger partial charge on any atom is 0.338 e. The number of piperidine rings is 1. The molecule has 2 N–H and O–H groups in total. The molecule has 2 aromatic carbocycles. The molecule has 1 fully saturated rings. The van der Waals surface area contributed by atoms with E-state index in [2.05, 4.69) is 11.0 Å². The monoisotopic (exact) mass is 428 g/mol. The minimum Gasteiger partial charge on any atom is -0.462 e. The SMILES string of the molecule is CCOC(=O)c1ccc(C(CCc2cc(Cl)ccc2N2CCCCC2)C(N)=O)cc1. The van der Waals surface area contributed by atoms with Gasteiger partial charge in [0.05, 0.1) is 18.1 Å². The van der Waals surface area contributed by atoms with E-state index in [1.165, 1.54) is 24.9 Å². The fourth-order valence-corrected chi connectivity index (χ4v) is 4.23. The average Bonchev–Trinajstić information content (AvgIpc) is 2.75. The first kappa shape index (κ1) is 22.2. The van der Waals surface area contributed by atoms with Crippen molar-refractivity contribution in [2.24, 2.45) is 5.73 Å². The van der Waals surface area contributed by atoms with Crippen molar-refractivity contribution in [2.45, 2.75) is 44.9 Å². The Morgan fingerprint density at radius 3 is 2.43 bits per heavy atom. The first-order chi connectivity index (χ1) is 14.5. The van der Waals surface area contributed by atoms with Crippen LogP contribution in [0.2, 0.25) is 5.02 Å². The van der Waals surface area contributed by atoms with E-state index >= 15 is 0 Å². The van der Waals surface area contributed by atoms with Gasteiger partial charge in [0.2, 0.25) is 5.91 Å². The highest BCUT2D eigenvalue weighted by Crippen LogP contribution is 2.30. The predicted octanol–water partition coefficient (Wildman–Crippen LogP) is 4.71. The molecule has 30 heavy (non-hydrogen) atoms. The van der Waals surface area contributed by atoms with E-state index in [9.17, 15) is 9.59 Å². The molecule has 3 rings (SSSR count). The van der Waals surface area contributed by atoms with Crippen LogP contribution in [0.5, 0.6) is 0 Å². The van der Waals surface area contributed by atoms with Gasteiger partial charge in [0, 0.05) is 23.8 Å². The molecule has 1 unspecified atom stereocenters. The van der Waals surface area contributed by atoms with Crippen LogP contribution in [0, 0.1) is 0 Å². The van der Waals surface area contributed by atoms with Crippen molar-refractivity contribution in [3.8, 4) is 0 Å². The standard InChI is InChI=1S/C24H29ClN2O3/c1-2-30-24(29)18-8-6-17(7-9-18)21(23(26)28)12-10-19-16-20(25)11-13-22(19)27-14-4-3-5-15-27/h6-9,11,13,16,21H,2-5,10,12,14-15H2,1H3,(H2,26,28). The number of nitrogens with zero attached hydrogens (tertiary/aromatic N) is 1. The van der Waals surface area contributed by atoms with E-state index < -0.39 is 5.92 Å². The molecule has 6 heteroatoms. The molecule has 0 spiro atoms. The number of benzene rings is 2. The summed E-state index contributed by atoms with van der Waals surface area (Å²) >= 11 is 6.27. The molecular weight excluding hydrogens is 400 g/mol. The van der Waals surface area contributed by atoms with Crippen molar-refractivity contribution < 1.29 is 14.3 Å². The largest absolute Gasteiger partial charge is 0.462 e. The van der Waals surface area contributed by atoms with E-state index in [0.717, 1.165) is 24.2 Å². The number of halogens is 1. The molecule has 0 bridgehead atoms. The molecule has 1 heterocycles. The second kappa shape index (κ2) is 10.5. The minimum atomic E-state index is -0.436. The Hall–Kier alpha value is -2.53. The first-order valence-electron chi connectivity index (χ1n) is 10.6. The molecule has 1 saturated heterocycles. The first-order valence-corrected chi connectivity index (χ1v) is 11.0. The number of primary amides is 1. The van der Waals surface area contributed by atoms with E-state index in [-0.39, 0.29) is 11.9 Å². The molecule has 1 amide bonds. The number of amides is 1. The molecular formula is C24H29ClN2O3. The molecule has 160 valence electrons. The van der Waals surface area contributed by atoms with Crippen LogP contribution < -0.4 is 10.6 Å². The summed E-state index contributed by atoms with van der Waals surface area (Å²) < 4.78 is 5.02. The predicted molar refractivity (Wildman–Crippen MR) is 120 cm³/mol. The Labute approximate surface area is 183 Å². The molecule has 1 atom stereocenters. The van der Waals surface area contributed by atoms with Crippen LogP contribution in [0.3, 0.4) is 0 Å². The third-order valence-electron chi connectivity index (χ3n) is 5.61. The number of anilines is 1. The number of nitrogens with two attached hydrogens (primary N) is 1. The van der Waals surface area contributed by atoms with Crippen molar-refractivity contribution >= 4 is 29.2 Å². The lowest BCUT2D eigenvalue weighted by Crippen LogP contribution is -2.30. The van der Waals surface area contributed by atoms with Crippen LogP contribution in [0.15, 0.2) is 42.5 Å². The van der Waals surface area contributed by atoms with Crippen LogP contribution in [0.4, 0.5) is 5.69 Å². The summed E-state index contributed by atoms with van der Waals surface area (Å²) in [6, 6.07) is 12.9. The molecule has 0 radical (unpaired) electrons. The van der Waals surface area contributed by atoms with Gasteiger partial charge in [-0.05, 0) is 80.5 Å². The second-order valence-electron chi connectivity index (χ2n) is 7.66. The average molecular weight is 429 g/mol. The number of ether oxygens (including phenoxy) is 1. The molecule has 1 aliphatic heterocycles. The van der Waals surface area contributed by atoms with Crippen molar-refractivity contribution in [1.29, 1.82) is 0 Å². The number of aryl methyl sites for hydroxylation is 1. The number of esters is 1. The summed E-state index contributed by atoms with van der Waals surface area (Å²) in [5, 5.41) is 0.695. The number of carbonyl (C=O) groups is 2. The van der Waals surface area contributed by atoms with Crippen molar-refractivity contribution in [3.63, 3.8) is 0 Å². The Bertz CT molecular complexity index is 877. The summed E-state index contributed by atoms with van der Waals surface area (Å²) in [4.78, 5) is 26.5. The summed E-state index contributed by atoms with van der Waals surface area (Å²) in [5.74, 6) is -1.18. The summed E-state index contributed by atoms with van der Waals surface area (Å²) in [6.07, 6.45) is 4.93. The zero-order chi connectivity index (χ0) is 21.5. The van der Waals surface area contributed by atoms with E-state index in [0.29, 0.717) is 30.0 Å². The normalized spacial score (nSPS) is 14.9. The molecule has 0 saturated carbocycles. The maximum atomic E-state index is 12.2. The Morgan fingerprint density at radius 1 is 1.10 bits per heavy atom. The lowest BCUT2D eigenvalue weighted by molar-refractivity contribution is -0.119. The third kappa shape index (κ3) is 5.54. The number of carbonyl (C=O) groups excluding carboxylic acids is 2. The summed E-state index contributed by atoms with van der Waals surface area (Å²) in [7, 11) is 0. The highest BCUT2D eigenvalue weighted by molar-refractivity contribution is 6.30. The summed E-state index contributed by atoms with van der Waals surface area (Å²) in [5.41, 5.74) is 9.32. The number of rotatable bonds is 8. The van der Waals surface area contributed by atoms with Crippen LogP contribution in [-0.2, 0) is 16.0 Å². The van der Waals surface area contributed by atoms with Gasteiger partial charge in [-0.1, -0.05) is 23.7 Å². The van der Waals surface area contributed by atoms with E-state index in [1.54, 1.807) is 31.2 Å². The topological polar surface area (TPSA) is 72.6 Å². The maximum absolute atomic E-state index is 12.2. The zero-order valence-corrected chi connectivity index (χ0v) is 18.2. The van der Waals surface area contributed by atoms with Gasteiger partial charge in [0.1, 0.15) is 0 Å². The number of hydrogen-bond donors (Lipinski definition) is 1. The highest BCUT2D eigenvalue weighted by Gasteiger charge is 2.21. The van der Waals surface area contributed by atoms with Crippen molar-refractivity contribution in [3.05, 3.63) is 64.2 Å². The molecule has 0 aliphatic carbocycles. The lowest BCUT2D eigenvalue weighted by Gasteiger charge is -2.31. The van der Waals surface area contributed by atoms with Crippen LogP contribution in [0.25, 0.3) is 0 Å². The van der Waals surface area contributed by atoms with Crippen LogP contribution >= 0.6 is 11.6 Å². The van der Waals surface area contributed by atoms with Gasteiger partial charge in [0.15, 0.2) is 0 Å². The van der Waals surface area contributed by atoms with Gasteiger partial charge in [-0.25, -0.2) is 4.79 Å². The van der Waals surface area contributed by atoms with Crippen LogP contribution in [-0.4, -0.2) is 31.6 Å².